The molecule has 0 saturated carbocycles. The van der Waals surface area contributed by atoms with Crippen LogP contribution in [0, 0.1) is 3.57 Å². The van der Waals surface area contributed by atoms with Crippen molar-refractivity contribution in [1.82, 2.24) is 0 Å². The molecule has 0 amide bonds. The molecule has 0 saturated heterocycles. The van der Waals surface area contributed by atoms with Gasteiger partial charge < -0.3 is 0 Å². The number of rotatable bonds is 2. The summed E-state index contributed by atoms with van der Waals surface area (Å²) < 4.78 is 1.27. The quantitative estimate of drug-likeness (QED) is 0.406. The molecule has 4 heteroatoms. The zero-order chi connectivity index (χ0) is 15.7. The van der Waals surface area contributed by atoms with Crippen molar-refractivity contribution < 1.29 is 0 Å². The van der Waals surface area contributed by atoms with E-state index in [1.807, 2.05) is 0 Å². The van der Waals surface area contributed by atoms with Gasteiger partial charge in [0.1, 0.15) is 0 Å². The Morgan fingerprint density at radius 2 is 1.18 bits per heavy atom. The Labute approximate surface area is 152 Å². The van der Waals surface area contributed by atoms with E-state index in [4.69, 9.17) is 0 Å². The summed E-state index contributed by atoms with van der Waals surface area (Å²) in [4.78, 5) is 0. The SMILES string of the molecule is Pc1ccc(-c2ccc(-c3ccc(P)c(P)c3)cc2I)cc1. The van der Waals surface area contributed by atoms with E-state index >= 15 is 0 Å². The lowest BCUT2D eigenvalue weighted by molar-refractivity contribution is 1.57. The molecule has 3 aromatic carbocycles. The van der Waals surface area contributed by atoms with Gasteiger partial charge in [-0.05, 0) is 72.9 Å². The molecule has 0 fully saturated rings. The topological polar surface area (TPSA) is 0 Å². The predicted octanol–water partition coefficient (Wildman–Crippen LogP) is 4.13. The van der Waals surface area contributed by atoms with Gasteiger partial charge in [0.25, 0.3) is 0 Å². The van der Waals surface area contributed by atoms with Crippen LogP contribution in [0.4, 0.5) is 0 Å². The molecule has 0 radical (unpaired) electrons. The van der Waals surface area contributed by atoms with E-state index in [9.17, 15) is 0 Å². The minimum atomic E-state index is 1.21. The summed E-state index contributed by atoms with van der Waals surface area (Å²) in [6, 6.07) is 21.8. The second kappa shape index (κ2) is 7.06. The summed E-state index contributed by atoms with van der Waals surface area (Å²) >= 11 is 2.43. The van der Waals surface area contributed by atoms with Gasteiger partial charge in [-0.1, -0.05) is 48.5 Å². The van der Waals surface area contributed by atoms with Crippen molar-refractivity contribution in [3.63, 3.8) is 0 Å². The fourth-order valence-corrected chi connectivity index (χ4v) is 3.82. The van der Waals surface area contributed by atoms with E-state index in [0.29, 0.717) is 0 Å². The largest absolute Gasteiger partial charge is 0.106 e. The Hall–Kier alpha value is -0.320. The number of benzene rings is 3. The highest BCUT2D eigenvalue weighted by Gasteiger charge is 2.06. The maximum atomic E-state index is 2.79. The summed E-state index contributed by atoms with van der Waals surface area (Å²) in [7, 11) is 8.28. The molecule has 22 heavy (non-hydrogen) atoms. The molecule has 0 bridgehead atoms. The van der Waals surface area contributed by atoms with Crippen LogP contribution < -0.4 is 15.9 Å². The van der Waals surface area contributed by atoms with Crippen molar-refractivity contribution in [3.8, 4) is 22.3 Å². The van der Waals surface area contributed by atoms with E-state index in [1.165, 1.54) is 41.7 Å². The van der Waals surface area contributed by atoms with Crippen molar-refractivity contribution in [3.05, 3.63) is 64.2 Å². The lowest BCUT2D eigenvalue weighted by Crippen LogP contribution is -2.10. The van der Waals surface area contributed by atoms with Gasteiger partial charge in [0.15, 0.2) is 0 Å². The average Bonchev–Trinajstić information content (AvgIpc) is 2.51. The van der Waals surface area contributed by atoms with Gasteiger partial charge in [-0.3, -0.25) is 0 Å². The zero-order valence-electron chi connectivity index (χ0n) is 11.9. The highest BCUT2D eigenvalue weighted by molar-refractivity contribution is 14.1. The summed E-state index contributed by atoms with van der Waals surface area (Å²) in [6.45, 7) is 0. The normalized spacial score (nSPS) is 10.7. The Morgan fingerprint density at radius 3 is 1.82 bits per heavy atom. The number of hydrogen-bond acceptors (Lipinski definition) is 0. The van der Waals surface area contributed by atoms with E-state index in [0.717, 1.165) is 0 Å². The molecule has 3 aromatic rings. The molecule has 0 aliphatic rings. The molecule has 110 valence electrons. The summed E-state index contributed by atoms with van der Waals surface area (Å²) in [5.74, 6) is 0. The van der Waals surface area contributed by atoms with Crippen LogP contribution in [0.3, 0.4) is 0 Å². The third-order valence-corrected chi connectivity index (χ3v) is 6.25. The molecule has 3 unspecified atom stereocenters. The fraction of sp³-hybridized carbons (Fsp3) is 0. The van der Waals surface area contributed by atoms with Gasteiger partial charge in [-0.25, -0.2) is 0 Å². The molecule has 0 spiro atoms. The van der Waals surface area contributed by atoms with Gasteiger partial charge in [0, 0.05) is 3.57 Å². The number of hydrogen-bond donors (Lipinski definition) is 0. The van der Waals surface area contributed by atoms with Gasteiger partial charge >= 0.3 is 0 Å². The summed E-state index contributed by atoms with van der Waals surface area (Å²) in [5, 5.41) is 3.65. The van der Waals surface area contributed by atoms with E-state index in [1.54, 1.807) is 0 Å². The summed E-state index contributed by atoms with van der Waals surface area (Å²) in [6.07, 6.45) is 0. The number of halogens is 1. The van der Waals surface area contributed by atoms with Crippen LogP contribution in [0.1, 0.15) is 0 Å². The van der Waals surface area contributed by atoms with Crippen LogP contribution in [-0.4, -0.2) is 0 Å². The molecule has 0 N–H and O–H groups in total. The standard InChI is InChI=1S/C18H16IP3/c19-16-9-12(13-4-8-17(21)18(22)10-13)3-7-15(16)11-1-5-14(20)6-2-11/h1-10H,20-22H2. The maximum absolute atomic E-state index is 2.79. The molecule has 3 rings (SSSR count). The van der Waals surface area contributed by atoms with Crippen LogP contribution in [0.5, 0.6) is 0 Å². The highest BCUT2D eigenvalue weighted by atomic mass is 127. The first-order valence-corrected chi connectivity index (χ1v) is 9.66. The van der Waals surface area contributed by atoms with Crippen molar-refractivity contribution in [2.75, 3.05) is 0 Å². The average molecular weight is 452 g/mol. The molecule has 3 atom stereocenters. The minimum Gasteiger partial charge on any atom is -0.106 e. The molecular weight excluding hydrogens is 436 g/mol. The molecule has 0 nitrogen and oxygen atoms in total. The van der Waals surface area contributed by atoms with Gasteiger partial charge in [0.2, 0.25) is 0 Å². The predicted molar refractivity (Wildman–Crippen MR) is 118 cm³/mol. The van der Waals surface area contributed by atoms with Crippen molar-refractivity contribution in [2.45, 2.75) is 0 Å². The molecule has 0 aliphatic heterocycles. The molecule has 0 heterocycles. The van der Waals surface area contributed by atoms with E-state index in [-0.39, 0.29) is 0 Å². The van der Waals surface area contributed by atoms with Crippen molar-refractivity contribution in [2.24, 2.45) is 0 Å². The van der Waals surface area contributed by atoms with E-state index in [2.05, 4.69) is 111 Å². The van der Waals surface area contributed by atoms with Crippen LogP contribution >= 0.6 is 50.3 Å². The molecular formula is C18H16IP3. The fourth-order valence-electron chi connectivity index (χ4n) is 2.35. The highest BCUT2D eigenvalue weighted by Crippen LogP contribution is 2.29. The van der Waals surface area contributed by atoms with Gasteiger partial charge in [-0.15, -0.1) is 27.7 Å². The first-order chi connectivity index (χ1) is 10.5. The lowest BCUT2D eigenvalue weighted by atomic mass is 10.0. The van der Waals surface area contributed by atoms with E-state index < -0.39 is 0 Å². The Balaban J connectivity index is 2.01. The third-order valence-electron chi connectivity index (χ3n) is 3.61. The molecule has 0 aliphatic carbocycles. The van der Waals surface area contributed by atoms with Crippen LogP contribution in [0.2, 0.25) is 0 Å². The van der Waals surface area contributed by atoms with Gasteiger partial charge in [0.05, 0.1) is 0 Å². The first kappa shape index (κ1) is 16.5. The van der Waals surface area contributed by atoms with Gasteiger partial charge in [-0.2, -0.15) is 0 Å². The lowest BCUT2D eigenvalue weighted by Gasteiger charge is -2.10. The third kappa shape index (κ3) is 3.60. The Morgan fingerprint density at radius 1 is 0.591 bits per heavy atom. The zero-order valence-corrected chi connectivity index (χ0v) is 17.5. The summed E-state index contributed by atoms with van der Waals surface area (Å²) in [5.41, 5.74) is 5.04. The Bertz CT molecular complexity index is 826. The monoisotopic (exact) mass is 452 g/mol. The minimum absolute atomic E-state index is 1.21. The van der Waals surface area contributed by atoms with Crippen LogP contribution in [0.25, 0.3) is 22.3 Å². The van der Waals surface area contributed by atoms with Crippen LogP contribution in [-0.2, 0) is 0 Å². The smallest absolute Gasteiger partial charge is 0.0214 e. The van der Waals surface area contributed by atoms with Crippen molar-refractivity contribution in [1.29, 1.82) is 0 Å². The van der Waals surface area contributed by atoms with Crippen molar-refractivity contribution >= 4 is 66.2 Å². The second-order valence-corrected chi connectivity index (χ2v) is 8.23. The Kier molecular flexibility index (Phi) is 5.31. The first-order valence-electron chi connectivity index (χ1n) is 6.85. The second-order valence-electron chi connectivity index (χ2n) is 5.16. The van der Waals surface area contributed by atoms with Crippen LogP contribution in [0.15, 0.2) is 60.7 Å². The maximum Gasteiger partial charge on any atom is 0.0214 e. The molecule has 0 aromatic heterocycles.